The molecule has 0 radical (unpaired) electrons. The molecule has 0 N–H and O–H groups in total. The minimum atomic E-state index is 0.331. The molecule has 3 aromatic carbocycles. The molecule has 0 aliphatic carbocycles. The van der Waals surface area contributed by atoms with E-state index in [0.717, 1.165) is 29.3 Å². The molecule has 160 valence electrons. The van der Waals surface area contributed by atoms with Gasteiger partial charge in [-0.15, -0.1) is 11.3 Å². The molecule has 1 aromatic heterocycles. The minimum absolute atomic E-state index is 0.331. The normalized spacial score (nSPS) is 11.4. The molecule has 0 bridgehead atoms. The maximum atomic E-state index is 9.68. The minimum Gasteiger partial charge on any atom is -0.493 e. The van der Waals surface area contributed by atoms with Crippen molar-refractivity contribution in [2.75, 3.05) is 7.11 Å². The molecule has 0 atom stereocenters. The van der Waals surface area contributed by atoms with E-state index in [1.54, 1.807) is 18.4 Å². The van der Waals surface area contributed by atoms with Crippen molar-refractivity contribution in [2.24, 2.45) is 0 Å². The van der Waals surface area contributed by atoms with Crippen molar-refractivity contribution in [2.45, 2.75) is 10.9 Å². The number of methoxy groups -OCH3 is 1. The molecule has 0 aliphatic heterocycles. The first-order valence-electron chi connectivity index (χ1n) is 9.46. The molecule has 4 aromatic rings. The quantitative estimate of drug-likeness (QED) is 0.125. The summed E-state index contributed by atoms with van der Waals surface area (Å²) >= 11 is 11.4. The highest BCUT2D eigenvalue weighted by atomic mass is 127. The Bertz CT molecular complexity index is 1310. The number of ether oxygens (including phenoxy) is 2. The summed E-state index contributed by atoms with van der Waals surface area (Å²) in [6.07, 6.45) is 1.83. The molecule has 0 saturated carbocycles. The van der Waals surface area contributed by atoms with Crippen molar-refractivity contribution in [3.8, 4) is 17.6 Å². The van der Waals surface area contributed by atoms with Crippen molar-refractivity contribution in [1.29, 1.82) is 5.26 Å². The van der Waals surface area contributed by atoms with Crippen LogP contribution in [0.4, 0.5) is 0 Å². The third kappa shape index (κ3) is 5.38. The zero-order chi connectivity index (χ0) is 22.5. The molecule has 0 saturated heterocycles. The molecule has 8 heteroatoms. The fourth-order valence-electron chi connectivity index (χ4n) is 2.95. The highest BCUT2D eigenvalue weighted by molar-refractivity contribution is 14.1. The number of aromatic nitrogens is 1. The molecule has 0 aliphatic rings. The second kappa shape index (κ2) is 10.6. The van der Waals surface area contributed by atoms with Crippen LogP contribution in [0, 0.1) is 14.9 Å². The number of para-hydroxylation sites is 1. The number of benzene rings is 3. The second-order valence-electron chi connectivity index (χ2n) is 6.58. The summed E-state index contributed by atoms with van der Waals surface area (Å²) in [6.45, 7) is 0.331. The number of nitriles is 1. The number of hydrogen-bond acceptors (Lipinski definition) is 6. The number of rotatable bonds is 7. The van der Waals surface area contributed by atoms with Crippen LogP contribution in [-0.2, 0) is 6.61 Å². The summed E-state index contributed by atoms with van der Waals surface area (Å²) < 4.78 is 14.4. The average molecular weight is 591 g/mol. The van der Waals surface area contributed by atoms with Crippen molar-refractivity contribution in [1.82, 2.24) is 4.98 Å². The molecule has 4 rings (SSSR count). The highest BCUT2D eigenvalue weighted by Gasteiger charge is 2.14. The van der Waals surface area contributed by atoms with Crippen LogP contribution in [0.15, 0.2) is 69.9 Å². The van der Waals surface area contributed by atoms with Gasteiger partial charge < -0.3 is 9.47 Å². The Morgan fingerprint density at radius 2 is 2.00 bits per heavy atom. The van der Waals surface area contributed by atoms with Gasteiger partial charge in [0, 0.05) is 10.6 Å². The van der Waals surface area contributed by atoms with Crippen LogP contribution in [0.5, 0.6) is 11.5 Å². The van der Waals surface area contributed by atoms with Gasteiger partial charge in [0.15, 0.2) is 15.8 Å². The Morgan fingerprint density at radius 3 is 2.75 bits per heavy atom. The van der Waals surface area contributed by atoms with E-state index in [-0.39, 0.29) is 0 Å². The Hall–Kier alpha value is -2.25. The van der Waals surface area contributed by atoms with Gasteiger partial charge in [-0.25, -0.2) is 4.98 Å². The van der Waals surface area contributed by atoms with E-state index in [1.807, 2.05) is 66.7 Å². The Balaban J connectivity index is 1.57. The monoisotopic (exact) mass is 590 g/mol. The van der Waals surface area contributed by atoms with E-state index < -0.39 is 0 Å². The van der Waals surface area contributed by atoms with Crippen LogP contribution < -0.4 is 9.47 Å². The second-order valence-corrected chi connectivity index (χ2v) is 10.5. The average Bonchev–Trinajstić information content (AvgIpc) is 3.21. The van der Waals surface area contributed by atoms with E-state index in [2.05, 4.69) is 33.6 Å². The highest BCUT2D eigenvalue weighted by Crippen LogP contribution is 2.38. The summed E-state index contributed by atoms with van der Waals surface area (Å²) in [6, 6.07) is 21.6. The first-order chi connectivity index (χ1) is 15.6. The summed E-state index contributed by atoms with van der Waals surface area (Å²) in [5.41, 5.74) is 2.69. The SMILES string of the molecule is COc1cc(/C=C(\C#N)Sc2nc3ccccc3s2)cc(I)c1OCc1ccccc1Cl. The number of allylic oxidation sites excluding steroid dienone is 1. The van der Waals surface area contributed by atoms with E-state index in [1.165, 1.54) is 11.8 Å². The Kier molecular flexibility index (Phi) is 7.58. The first-order valence-corrected chi connectivity index (χ1v) is 12.6. The van der Waals surface area contributed by atoms with Gasteiger partial charge in [0.1, 0.15) is 12.7 Å². The maximum absolute atomic E-state index is 9.68. The lowest BCUT2D eigenvalue weighted by Crippen LogP contribution is -2.00. The lowest BCUT2D eigenvalue weighted by Gasteiger charge is -2.14. The summed E-state index contributed by atoms with van der Waals surface area (Å²) in [5.74, 6) is 1.24. The third-order valence-corrected chi connectivity index (χ3v) is 7.66. The van der Waals surface area contributed by atoms with Gasteiger partial charge >= 0.3 is 0 Å². The van der Waals surface area contributed by atoms with Crippen LogP contribution in [0.3, 0.4) is 0 Å². The zero-order valence-electron chi connectivity index (χ0n) is 16.8. The van der Waals surface area contributed by atoms with Crippen molar-refractivity contribution >= 4 is 73.6 Å². The molecular weight excluding hydrogens is 575 g/mol. The lowest BCUT2D eigenvalue weighted by atomic mass is 10.2. The summed E-state index contributed by atoms with van der Waals surface area (Å²) in [5, 5.41) is 10.3. The first kappa shape index (κ1) is 22.9. The van der Waals surface area contributed by atoms with Gasteiger partial charge in [0.05, 0.1) is 25.8 Å². The van der Waals surface area contributed by atoms with Crippen LogP contribution in [0.2, 0.25) is 5.02 Å². The summed E-state index contributed by atoms with van der Waals surface area (Å²) in [7, 11) is 1.60. The largest absolute Gasteiger partial charge is 0.493 e. The topological polar surface area (TPSA) is 55.1 Å². The fraction of sp³-hybridized carbons (Fsp3) is 0.0833. The number of nitrogens with zero attached hydrogens (tertiary/aromatic N) is 2. The van der Waals surface area contributed by atoms with Gasteiger partial charge in [-0.2, -0.15) is 5.26 Å². The van der Waals surface area contributed by atoms with Crippen LogP contribution >= 0.6 is 57.3 Å². The zero-order valence-corrected chi connectivity index (χ0v) is 21.4. The van der Waals surface area contributed by atoms with Gasteiger partial charge in [-0.1, -0.05) is 41.9 Å². The molecule has 0 spiro atoms. The number of fused-ring (bicyclic) bond motifs is 1. The van der Waals surface area contributed by atoms with Gasteiger partial charge in [-0.05, 0) is 76.3 Å². The van der Waals surface area contributed by atoms with Crippen LogP contribution in [0.25, 0.3) is 16.3 Å². The smallest absolute Gasteiger partial charge is 0.174 e. The number of thiazole rings is 1. The molecule has 1 heterocycles. The predicted octanol–water partition coefficient (Wildman–Crippen LogP) is 7.80. The van der Waals surface area contributed by atoms with Crippen molar-refractivity contribution in [3.63, 3.8) is 0 Å². The molecule has 0 amide bonds. The number of hydrogen-bond donors (Lipinski definition) is 0. The Morgan fingerprint density at radius 1 is 1.22 bits per heavy atom. The van der Waals surface area contributed by atoms with E-state index >= 15 is 0 Å². The third-order valence-electron chi connectivity index (χ3n) is 4.46. The molecule has 32 heavy (non-hydrogen) atoms. The van der Waals surface area contributed by atoms with Crippen LogP contribution in [-0.4, -0.2) is 12.1 Å². The fourth-order valence-corrected chi connectivity index (χ4v) is 5.90. The van der Waals surface area contributed by atoms with Crippen LogP contribution in [0.1, 0.15) is 11.1 Å². The van der Waals surface area contributed by atoms with E-state index in [4.69, 9.17) is 21.1 Å². The van der Waals surface area contributed by atoms with E-state index in [9.17, 15) is 5.26 Å². The molecular formula is C24H16ClIN2O2S2. The molecule has 0 fully saturated rings. The van der Waals surface area contributed by atoms with Crippen molar-refractivity contribution < 1.29 is 9.47 Å². The molecule has 4 nitrogen and oxygen atoms in total. The lowest BCUT2D eigenvalue weighted by molar-refractivity contribution is 0.282. The van der Waals surface area contributed by atoms with E-state index in [0.29, 0.717) is 28.0 Å². The van der Waals surface area contributed by atoms with Gasteiger partial charge in [0.25, 0.3) is 0 Å². The molecule has 0 unspecified atom stereocenters. The van der Waals surface area contributed by atoms with Gasteiger partial charge in [-0.3, -0.25) is 0 Å². The maximum Gasteiger partial charge on any atom is 0.174 e. The van der Waals surface area contributed by atoms with Gasteiger partial charge in [0.2, 0.25) is 0 Å². The summed E-state index contributed by atoms with van der Waals surface area (Å²) in [4.78, 5) is 5.15. The number of thioether (sulfide) groups is 1. The standard InChI is InChI=1S/C24H16ClIN2O2S2/c1-29-21-12-15(11-19(26)23(21)30-14-16-6-2-3-7-18(16)25)10-17(13-27)31-24-28-20-8-4-5-9-22(20)32-24/h2-12H,14H2,1H3/b17-10+. The predicted molar refractivity (Wildman–Crippen MR) is 141 cm³/mol. The van der Waals surface area contributed by atoms with Crippen molar-refractivity contribution in [3.05, 3.63) is 85.3 Å². The Labute approximate surface area is 213 Å². The number of halogens is 2.